The minimum absolute atomic E-state index is 0. The van der Waals surface area contributed by atoms with Gasteiger partial charge >= 0.3 is 0 Å². The third-order valence-corrected chi connectivity index (χ3v) is 2.84. The molecule has 0 bridgehead atoms. The van der Waals surface area contributed by atoms with E-state index in [-0.39, 0.29) is 28.7 Å². The summed E-state index contributed by atoms with van der Waals surface area (Å²) >= 11 is 0. The second kappa shape index (κ2) is 6.32. The van der Waals surface area contributed by atoms with Gasteiger partial charge in [-0.1, -0.05) is 0 Å². The molecule has 2 heterocycles. The van der Waals surface area contributed by atoms with E-state index >= 15 is 0 Å². The van der Waals surface area contributed by atoms with Crippen molar-refractivity contribution >= 4 is 28.7 Å². The maximum absolute atomic E-state index is 11.8. The van der Waals surface area contributed by atoms with E-state index in [2.05, 4.69) is 5.32 Å². The van der Waals surface area contributed by atoms with E-state index in [1.807, 2.05) is 0 Å². The van der Waals surface area contributed by atoms with Crippen molar-refractivity contribution in [1.29, 1.82) is 0 Å². The van der Waals surface area contributed by atoms with Crippen LogP contribution in [-0.4, -0.2) is 55.5 Å². The number of nitrogens with zero attached hydrogens (tertiary/aromatic N) is 1. The number of hydrogen-bond donors (Lipinski definition) is 1. The van der Waals surface area contributed by atoms with Crippen LogP contribution in [0.3, 0.4) is 0 Å². The van der Waals surface area contributed by atoms with Crippen LogP contribution < -0.4 is 5.32 Å². The van der Waals surface area contributed by atoms with Crippen molar-refractivity contribution in [1.82, 2.24) is 10.2 Å². The highest BCUT2D eigenvalue weighted by atomic mass is 79.9. The molecule has 1 N–H and O–H groups in total. The first-order valence-electron chi connectivity index (χ1n) is 5.44. The lowest BCUT2D eigenvalue weighted by Gasteiger charge is -2.27. The fraction of sp³-hybridized carbons (Fsp3) is 0.800. The SMILES string of the molecule is Br.O=C(C(=O)N1CCNCC1)C1CCCO1. The summed E-state index contributed by atoms with van der Waals surface area (Å²) in [5.41, 5.74) is 0. The monoisotopic (exact) mass is 292 g/mol. The third kappa shape index (κ3) is 3.02. The van der Waals surface area contributed by atoms with Crippen LogP contribution >= 0.6 is 17.0 Å². The molecule has 0 aromatic rings. The van der Waals surface area contributed by atoms with Gasteiger partial charge in [0.2, 0.25) is 5.78 Å². The van der Waals surface area contributed by atoms with Crippen molar-refractivity contribution < 1.29 is 14.3 Å². The van der Waals surface area contributed by atoms with Gasteiger partial charge in [0, 0.05) is 32.8 Å². The Morgan fingerprint density at radius 1 is 1.25 bits per heavy atom. The normalized spacial score (nSPS) is 25.0. The van der Waals surface area contributed by atoms with E-state index in [1.165, 1.54) is 0 Å². The Bertz CT molecular complexity index is 261. The molecule has 1 unspecified atom stereocenters. The standard InChI is InChI=1S/C10H16N2O3.BrH/c13-9(8-2-1-7-15-8)10(14)12-5-3-11-4-6-12;/h8,11H,1-7H2;1H. The second-order valence-electron chi connectivity index (χ2n) is 3.91. The number of carbonyl (C=O) groups excluding carboxylic acids is 2. The molecule has 1 amide bonds. The zero-order chi connectivity index (χ0) is 10.7. The smallest absolute Gasteiger partial charge is 0.292 e. The molecule has 0 aromatic heterocycles. The molecule has 16 heavy (non-hydrogen) atoms. The summed E-state index contributed by atoms with van der Waals surface area (Å²) in [4.78, 5) is 25.1. The lowest BCUT2D eigenvalue weighted by atomic mass is 10.1. The van der Waals surface area contributed by atoms with Crippen LogP contribution in [0.2, 0.25) is 0 Å². The number of rotatable bonds is 2. The van der Waals surface area contributed by atoms with Crippen molar-refractivity contribution in [3.63, 3.8) is 0 Å². The summed E-state index contributed by atoms with van der Waals surface area (Å²) in [6.07, 6.45) is 1.09. The molecule has 0 saturated carbocycles. The van der Waals surface area contributed by atoms with Crippen molar-refractivity contribution in [2.24, 2.45) is 0 Å². The number of nitrogens with one attached hydrogen (secondary N) is 1. The van der Waals surface area contributed by atoms with Gasteiger partial charge in [-0.15, -0.1) is 17.0 Å². The Morgan fingerprint density at radius 2 is 1.94 bits per heavy atom. The third-order valence-electron chi connectivity index (χ3n) is 2.84. The molecule has 0 spiro atoms. The van der Waals surface area contributed by atoms with Gasteiger partial charge in [0.1, 0.15) is 6.10 Å². The molecule has 2 saturated heterocycles. The van der Waals surface area contributed by atoms with Crippen LogP contribution in [0.15, 0.2) is 0 Å². The fourth-order valence-corrected chi connectivity index (χ4v) is 1.95. The molecular weight excluding hydrogens is 276 g/mol. The van der Waals surface area contributed by atoms with Gasteiger partial charge in [-0.2, -0.15) is 0 Å². The second-order valence-corrected chi connectivity index (χ2v) is 3.91. The van der Waals surface area contributed by atoms with Crippen LogP contribution in [0.25, 0.3) is 0 Å². The Labute approximate surface area is 105 Å². The lowest BCUT2D eigenvalue weighted by molar-refractivity contribution is -0.149. The van der Waals surface area contributed by atoms with Gasteiger partial charge in [-0.3, -0.25) is 9.59 Å². The van der Waals surface area contributed by atoms with Gasteiger partial charge in [0.05, 0.1) is 0 Å². The first kappa shape index (κ1) is 13.6. The van der Waals surface area contributed by atoms with E-state index in [9.17, 15) is 9.59 Å². The Balaban J connectivity index is 0.00000128. The van der Waals surface area contributed by atoms with Gasteiger partial charge in [-0.05, 0) is 12.8 Å². The predicted molar refractivity (Wildman–Crippen MR) is 63.8 cm³/mol. The maximum atomic E-state index is 11.8. The minimum Gasteiger partial charge on any atom is -0.370 e. The number of halogens is 1. The van der Waals surface area contributed by atoms with Crippen LogP contribution in [-0.2, 0) is 14.3 Å². The highest BCUT2D eigenvalue weighted by Gasteiger charge is 2.32. The number of carbonyl (C=O) groups is 2. The maximum Gasteiger partial charge on any atom is 0.292 e. The van der Waals surface area contributed by atoms with Gasteiger partial charge < -0.3 is 15.0 Å². The minimum atomic E-state index is -0.479. The summed E-state index contributed by atoms with van der Waals surface area (Å²) in [5.74, 6) is -0.738. The topological polar surface area (TPSA) is 58.6 Å². The summed E-state index contributed by atoms with van der Waals surface area (Å²) in [6.45, 7) is 3.38. The Kier molecular flexibility index (Phi) is 5.37. The number of amides is 1. The molecule has 2 aliphatic rings. The quantitative estimate of drug-likeness (QED) is 0.713. The van der Waals surface area contributed by atoms with Gasteiger partial charge in [-0.25, -0.2) is 0 Å². The van der Waals surface area contributed by atoms with E-state index in [0.29, 0.717) is 26.1 Å². The highest BCUT2D eigenvalue weighted by Crippen LogP contribution is 2.14. The first-order valence-corrected chi connectivity index (χ1v) is 5.44. The molecule has 2 rings (SSSR count). The molecule has 0 aliphatic carbocycles. The van der Waals surface area contributed by atoms with Crippen molar-refractivity contribution in [3.8, 4) is 0 Å². The predicted octanol–water partition coefficient (Wildman–Crippen LogP) is -0.256. The lowest BCUT2D eigenvalue weighted by Crippen LogP contribution is -2.50. The zero-order valence-electron chi connectivity index (χ0n) is 9.11. The van der Waals surface area contributed by atoms with E-state index in [0.717, 1.165) is 19.5 Å². The Hall–Kier alpha value is -0.460. The van der Waals surface area contributed by atoms with Gasteiger partial charge in [0.15, 0.2) is 0 Å². The summed E-state index contributed by atoms with van der Waals surface area (Å²) < 4.78 is 5.21. The molecule has 0 aromatic carbocycles. The average molecular weight is 293 g/mol. The molecule has 2 fully saturated rings. The molecule has 92 valence electrons. The number of ether oxygens (including phenoxy) is 1. The van der Waals surface area contributed by atoms with E-state index in [1.54, 1.807) is 4.90 Å². The highest BCUT2D eigenvalue weighted by molar-refractivity contribution is 8.93. The van der Waals surface area contributed by atoms with Crippen LogP contribution in [0.4, 0.5) is 0 Å². The van der Waals surface area contributed by atoms with Crippen LogP contribution in [0.1, 0.15) is 12.8 Å². The summed E-state index contributed by atoms with van der Waals surface area (Å²) in [6, 6.07) is 0. The number of hydrogen-bond acceptors (Lipinski definition) is 4. The Morgan fingerprint density at radius 3 is 2.50 bits per heavy atom. The zero-order valence-corrected chi connectivity index (χ0v) is 10.8. The molecule has 1 atom stereocenters. The van der Waals surface area contributed by atoms with E-state index < -0.39 is 6.10 Å². The molecule has 0 radical (unpaired) electrons. The van der Waals surface area contributed by atoms with Crippen LogP contribution in [0.5, 0.6) is 0 Å². The molecule has 2 aliphatic heterocycles. The first-order chi connectivity index (χ1) is 7.29. The average Bonchev–Trinajstić information content (AvgIpc) is 2.82. The van der Waals surface area contributed by atoms with Gasteiger partial charge in [0.25, 0.3) is 5.91 Å². The largest absolute Gasteiger partial charge is 0.370 e. The number of piperazine rings is 1. The molecule has 6 heteroatoms. The fourth-order valence-electron chi connectivity index (χ4n) is 1.95. The number of Topliss-reactive ketones (excluding diaryl/α,β-unsaturated/α-hetero) is 1. The molecule has 5 nitrogen and oxygen atoms in total. The summed E-state index contributed by atoms with van der Waals surface area (Å²) in [7, 11) is 0. The molecular formula is C10H17BrN2O3. The van der Waals surface area contributed by atoms with Crippen molar-refractivity contribution in [3.05, 3.63) is 0 Å². The summed E-state index contributed by atoms with van der Waals surface area (Å²) in [5, 5.41) is 3.14. The van der Waals surface area contributed by atoms with E-state index in [4.69, 9.17) is 4.74 Å². The number of ketones is 1. The van der Waals surface area contributed by atoms with Crippen LogP contribution in [0, 0.1) is 0 Å². The van der Waals surface area contributed by atoms with Crippen molar-refractivity contribution in [2.45, 2.75) is 18.9 Å². The van der Waals surface area contributed by atoms with Crippen molar-refractivity contribution in [2.75, 3.05) is 32.8 Å².